The highest BCUT2D eigenvalue weighted by atomic mass is 127. The van der Waals surface area contributed by atoms with Gasteiger partial charge in [0.15, 0.2) is 5.96 Å². The molecular weight excluding hydrogens is 451 g/mol. The molecule has 0 spiro atoms. The van der Waals surface area contributed by atoms with Gasteiger partial charge >= 0.3 is 0 Å². The van der Waals surface area contributed by atoms with Crippen LogP contribution in [0.15, 0.2) is 17.1 Å². The van der Waals surface area contributed by atoms with Gasteiger partial charge in [-0.15, -0.1) is 24.0 Å². The maximum Gasteiger partial charge on any atom is 0.233 e. The van der Waals surface area contributed by atoms with Crippen LogP contribution in [0.5, 0.6) is 0 Å². The first-order valence-electron chi connectivity index (χ1n) is 8.57. The normalized spacial score (nSPS) is 31.2. The highest BCUT2D eigenvalue weighted by Gasteiger charge is 2.58. The molecule has 2 bridgehead atoms. The third kappa shape index (κ3) is 3.99. The van der Waals surface area contributed by atoms with Crippen LogP contribution in [0, 0.1) is 23.7 Å². The number of halogens is 1. The third-order valence-corrected chi connectivity index (χ3v) is 6.34. The maximum absolute atomic E-state index is 12.6. The monoisotopic (exact) mass is 478 g/mol. The molecule has 5 atom stereocenters. The average molecular weight is 478 g/mol. The molecule has 2 amide bonds. The number of hydrogen-bond acceptors (Lipinski definition) is 4. The minimum absolute atomic E-state index is 0. The van der Waals surface area contributed by atoms with E-state index in [0.29, 0.717) is 24.3 Å². The molecule has 3 rings (SSSR count). The first kappa shape index (κ1) is 20.5. The second kappa shape index (κ2) is 8.75. The van der Waals surface area contributed by atoms with Gasteiger partial charge in [-0.05, 0) is 24.5 Å². The predicted octanol–water partition coefficient (Wildman–Crippen LogP) is 1.33. The van der Waals surface area contributed by atoms with Crippen molar-refractivity contribution in [3.05, 3.63) is 12.2 Å². The number of fused-ring (bicyclic) bond motifs is 5. The molecule has 2 fully saturated rings. The zero-order valence-corrected chi connectivity index (χ0v) is 18.0. The van der Waals surface area contributed by atoms with E-state index in [1.54, 1.807) is 18.8 Å². The van der Waals surface area contributed by atoms with E-state index in [1.165, 1.54) is 4.90 Å². The summed E-state index contributed by atoms with van der Waals surface area (Å²) in [6.07, 6.45) is 7.30. The molecule has 2 N–H and O–H groups in total. The standard InChI is InChI=1S/C17H26N4O2S.HI/c1-10(24-3)9-20-17(18-2)19-6-7-21-15(22)13-11-4-5-12(8-11)14(13)16(21)23;/h4-5,10-14H,6-9H2,1-3H3,(H2,18,19,20);1H. The number of rotatable bonds is 6. The lowest BCUT2D eigenvalue weighted by Crippen LogP contribution is -2.44. The Bertz CT molecular complexity index is 553. The summed E-state index contributed by atoms with van der Waals surface area (Å²) in [5.41, 5.74) is 0. The summed E-state index contributed by atoms with van der Waals surface area (Å²) in [5.74, 6) is 1.08. The summed E-state index contributed by atoms with van der Waals surface area (Å²) in [5, 5.41) is 6.93. The van der Waals surface area contributed by atoms with Crippen LogP contribution in [0.25, 0.3) is 0 Å². The van der Waals surface area contributed by atoms with Crippen molar-refractivity contribution in [1.82, 2.24) is 15.5 Å². The van der Waals surface area contributed by atoms with Crippen molar-refractivity contribution in [2.24, 2.45) is 28.7 Å². The van der Waals surface area contributed by atoms with Crippen LogP contribution in [-0.4, -0.2) is 60.9 Å². The number of aliphatic imine (C=N–C) groups is 1. The Kier molecular flexibility index (Phi) is 7.19. The number of amides is 2. The summed E-state index contributed by atoms with van der Waals surface area (Å²) >= 11 is 1.79. The number of nitrogens with one attached hydrogen (secondary N) is 2. The highest BCUT2D eigenvalue weighted by molar-refractivity contribution is 14.0. The Morgan fingerprint density at radius 3 is 2.40 bits per heavy atom. The lowest BCUT2D eigenvalue weighted by molar-refractivity contribution is -0.140. The first-order valence-corrected chi connectivity index (χ1v) is 9.86. The van der Waals surface area contributed by atoms with E-state index in [0.717, 1.165) is 13.0 Å². The average Bonchev–Trinajstić information content (AvgIpc) is 3.26. The second-order valence-corrected chi connectivity index (χ2v) is 8.03. The van der Waals surface area contributed by atoms with Gasteiger partial charge in [-0.1, -0.05) is 19.1 Å². The number of carbonyl (C=O) groups excluding carboxylic acids is 2. The lowest BCUT2D eigenvalue weighted by atomic mass is 9.85. The molecule has 25 heavy (non-hydrogen) atoms. The summed E-state index contributed by atoms with van der Waals surface area (Å²) < 4.78 is 0. The van der Waals surface area contributed by atoms with Crippen LogP contribution >= 0.6 is 35.7 Å². The minimum Gasteiger partial charge on any atom is -0.355 e. The predicted molar refractivity (Wildman–Crippen MR) is 112 cm³/mol. The molecule has 1 aliphatic heterocycles. The fourth-order valence-electron chi connectivity index (χ4n) is 4.01. The van der Waals surface area contributed by atoms with Crippen molar-refractivity contribution in [3.8, 4) is 0 Å². The zero-order chi connectivity index (χ0) is 17.3. The van der Waals surface area contributed by atoms with Gasteiger partial charge in [-0.2, -0.15) is 11.8 Å². The van der Waals surface area contributed by atoms with Gasteiger partial charge in [0.1, 0.15) is 0 Å². The van der Waals surface area contributed by atoms with E-state index in [9.17, 15) is 9.59 Å². The third-order valence-electron chi connectivity index (χ3n) is 5.37. The molecule has 1 saturated heterocycles. The number of thioether (sulfide) groups is 1. The molecule has 6 nitrogen and oxygen atoms in total. The highest BCUT2D eigenvalue weighted by Crippen LogP contribution is 2.52. The molecule has 0 aromatic rings. The number of carbonyl (C=O) groups is 2. The number of guanidine groups is 1. The van der Waals surface area contributed by atoms with Gasteiger partial charge in [-0.25, -0.2) is 0 Å². The zero-order valence-electron chi connectivity index (χ0n) is 14.9. The Balaban J connectivity index is 0.00000225. The van der Waals surface area contributed by atoms with Crippen LogP contribution in [-0.2, 0) is 9.59 Å². The van der Waals surface area contributed by atoms with Crippen molar-refractivity contribution in [1.29, 1.82) is 0 Å². The van der Waals surface area contributed by atoms with Crippen molar-refractivity contribution in [2.45, 2.75) is 18.6 Å². The van der Waals surface area contributed by atoms with E-state index < -0.39 is 0 Å². The summed E-state index contributed by atoms with van der Waals surface area (Å²) in [6, 6.07) is 0. The molecule has 2 aliphatic carbocycles. The van der Waals surface area contributed by atoms with E-state index in [2.05, 4.69) is 41.0 Å². The summed E-state index contributed by atoms with van der Waals surface area (Å²) in [7, 11) is 1.72. The van der Waals surface area contributed by atoms with Crippen LogP contribution < -0.4 is 10.6 Å². The van der Waals surface area contributed by atoms with Gasteiger partial charge in [0, 0.05) is 31.9 Å². The quantitative estimate of drug-likeness (QED) is 0.198. The van der Waals surface area contributed by atoms with Gasteiger partial charge < -0.3 is 10.6 Å². The number of likely N-dealkylation sites (tertiary alicyclic amines) is 1. The summed E-state index contributed by atoms with van der Waals surface area (Å²) in [6.45, 7) is 3.89. The van der Waals surface area contributed by atoms with Crippen molar-refractivity contribution >= 4 is 53.5 Å². The Morgan fingerprint density at radius 1 is 1.28 bits per heavy atom. The van der Waals surface area contributed by atoms with E-state index in [-0.39, 0.29) is 59.5 Å². The number of hydrogen-bond donors (Lipinski definition) is 2. The minimum atomic E-state index is -0.104. The number of allylic oxidation sites excluding steroid dienone is 2. The first-order chi connectivity index (χ1) is 11.6. The van der Waals surface area contributed by atoms with Gasteiger partial charge in [-0.3, -0.25) is 19.5 Å². The smallest absolute Gasteiger partial charge is 0.233 e. The molecule has 140 valence electrons. The topological polar surface area (TPSA) is 73.8 Å². The number of nitrogens with zero attached hydrogens (tertiary/aromatic N) is 2. The lowest BCUT2D eigenvalue weighted by Gasteiger charge is -2.19. The molecule has 0 aromatic carbocycles. The second-order valence-electron chi connectivity index (χ2n) is 6.75. The van der Waals surface area contributed by atoms with Crippen LogP contribution in [0.3, 0.4) is 0 Å². The molecule has 3 aliphatic rings. The van der Waals surface area contributed by atoms with E-state index in [4.69, 9.17) is 0 Å². The van der Waals surface area contributed by atoms with E-state index >= 15 is 0 Å². The van der Waals surface area contributed by atoms with E-state index in [1.807, 2.05) is 0 Å². The Hall–Kier alpha value is -0.770. The van der Waals surface area contributed by atoms with Crippen molar-refractivity contribution in [2.75, 3.05) is 32.9 Å². The van der Waals surface area contributed by atoms with Crippen LogP contribution in [0.4, 0.5) is 0 Å². The van der Waals surface area contributed by atoms with Crippen LogP contribution in [0.1, 0.15) is 13.3 Å². The molecule has 0 aromatic heterocycles. The summed E-state index contributed by atoms with van der Waals surface area (Å²) in [4.78, 5) is 30.8. The molecule has 1 saturated carbocycles. The van der Waals surface area contributed by atoms with Crippen molar-refractivity contribution < 1.29 is 9.59 Å². The maximum atomic E-state index is 12.6. The molecular formula is C17H27IN4O2S. The Labute approximate surface area is 170 Å². The fraction of sp³-hybridized carbons (Fsp3) is 0.706. The van der Waals surface area contributed by atoms with Gasteiger partial charge in [0.25, 0.3) is 0 Å². The largest absolute Gasteiger partial charge is 0.355 e. The van der Waals surface area contributed by atoms with Gasteiger partial charge in [0.05, 0.1) is 11.8 Å². The number of imide groups is 1. The molecule has 0 radical (unpaired) electrons. The SMILES string of the molecule is CN=C(NCCN1C(=O)C2C3C=CC(C3)C2C1=O)NCC(C)SC.I. The Morgan fingerprint density at radius 2 is 1.88 bits per heavy atom. The molecule has 8 heteroatoms. The molecule has 1 heterocycles. The molecule has 5 unspecified atom stereocenters. The van der Waals surface area contributed by atoms with Crippen molar-refractivity contribution in [3.63, 3.8) is 0 Å². The van der Waals surface area contributed by atoms with Gasteiger partial charge in [0.2, 0.25) is 11.8 Å². The fourth-order valence-corrected chi connectivity index (χ4v) is 4.26. The van der Waals surface area contributed by atoms with Crippen LogP contribution in [0.2, 0.25) is 0 Å².